The number of unbranched alkanes of at least 4 members (excludes halogenated alkanes) is 5. The highest BCUT2D eigenvalue weighted by Crippen LogP contribution is 2.16. The Hall–Kier alpha value is -0.830. The van der Waals surface area contributed by atoms with E-state index in [2.05, 4.69) is 32.4 Å². The number of nitrogens with zero attached hydrogens (tertiary/aromatic N) is 2. The minimum absolute atomic E-state index is 0.263. The molecule has 1 aromatic rings. The molecule has 0 aliphatic rings. The van der Waals surface area contributed by atoms with Crippen molar-refractivity contribution in [2.75, 3.05) is 0 Å². The van der Waals surface area contributed by atoms with Crippen molar-refractivity contribution in [3.05, 3.63) is 17.0 Å². The summed E-state index contributed by atoms with van der Waals surface area (Å²) in [6.07, 6.45) is 9.99. The van der Waals surface area contributed by atoms with Gasteiger partial charge >= 0.3 is 0 Å². The number of aromatic nitrogens is 2. The summed E-state index contributed by atoms with van der Waals surface area (Å²) < 4.78 is 2.19. The van der Waals surface area contributed by atoms with Crippen LogP contribution in [0.1, 0.15) is 75.7 Å². The van der Waals surface area contributed by atoms with E-state index in [4.69, 9.17) is 10.8 Å². The average Bonchev–Trinajstić information content (AvgIpc) is 2.70. The Labute approximate surface area is 124 Å². The predicted molar refractivity (Wildman–Crippen MR) is 87.0 cm³/mol. The molecule has 3 heteroatoms. The van der Waals surface area contributed by atoms with Gasteiger partial charge in [-0.1, -0.05) is 46.0 Å². The number of hydrogen-bond donors (Lipinski definition) is 1. The van der Waals surface area contributed by atoms with Crippen molar-refractivity contribution >= 4 is 0 Å². The quantitative estimate of drug-likeness (QED) is 0.654. The molecule has 0 amide bonds. The Morgan fingerprint density at radius 3 is 2.35 bits per heavy atom. The van der Waals surface area contributed by atoms with Crippen LogP contribution in [0.25, 0.3) is 0 Å². The van der Waals surface area contributed by atoms with Gasteiger partial charge in [-0.2, -0.15) is 5.10 Å². The first-order valence-electron chi connectivity index (χ1n) is 8.38. The predicted octanol–water partition coefficient (Wildman–Crippen LogP) is 4.14. The maximum atomic E-state index is 6.08. The lowest BCUT2D eigenvalue weighted by Crippen LogP contribution is -2.22. The largest absolute Gasteiger partial charge is 0.327 e. The van der Waals surface area contributed by atoms with Crippen molar-refractivity contribution in [3.8, 4) is 0 Å². The van der Waals surface area contributed by atoms with E-state index in [1.807, 2.05) is 0 Å². The van der Waals surface area contributed by atoms with Crippen molar-refractivity contribution < 1.29 is 0 Å². The van der Waals surface area contributed by atoms with Crippen molar-refractivity contribution in [3.63, 3.8) is 0 Å². The Kier molecular flexibility index (Phi) is 7.90. The van der Waals surface area contributed by atoms with E-state index in [1.165, 1.54) is 49.8 Å². The van der Waals surface area contributed by atoms with Crippen LogP contribution in [0.15, 0.2) is 0 Å². The first-order valence-corrected chi connectivity index (χ1v) is 8.38. The molecule has 0 aromatic carbocycles. The molecule has 0 radical (unpaired) electrons. The van der Waals surface area contributed by atoms with E-state index in [1.54, 1.807) is 0 Å². The van der Waals surface area contributed by atoms with Gasteiger partial charge in [0, 0.05) is 18.3 Å². The maximum Gasteiger partial charge on any atom is 0.0629 e. The van der Waals surface area contributed by atoms with Gasteiger partial charge in [0.05, 0.1) is 5.69 Å². The zero-order valence-electron chi connectivity index (χ0n) is 13.9. The van der Waals surface area contributed by atoms with Gasteiger partial charge in [-0.15, -0.1) is 0 Å². The fraction of sp³-hybridized carbons (Fsp3) is 0.824. The molecule has 1 rings (SSSR count). The Morgan fingerprint density at radius 2 is 1.70 bits per heavy atom. The van der Waals surface area contributed by atoms with Gasteiger partial charge < -0.3 is 5.73 Å². The SMILES string of the molecule is CCCCCCCCn1nc(C)c(CC(N)CC)c1C. The second kappa shape index (κ2) is 9.17. The fourth-order valence-corrected chi connectivity index (χ4v) is 2.70. The first-order chi connectivity index (χ1) is 9.60. The van der Waals surface area contributed by atoms with E-state index < -0.39 is 0 Å². The lowest BCUT2D eigenvalue weighted by molar-refractivity contribution is 0.517. The van der Waals surface area contributed by atoms with E-state index in [-0.39, 0.29) is 6.04 Å². The summed E-state index contributed by atoms with van der Waals surface area (Å²) in [6, 6.07) is 0.263. The number of aryl methyl sites for hydroxylation is 2. The molecule has 2 N–H and O–H groups in total. The molecule has 3 nitrogen and oxygen atoms in total. The topological polar surface area (TPSA) is 43.8 Å². The molecule has 0 aliphatic heterocycles. The van der Waals surface area contributed by atoms with Crippen LogP contribution in [-0.2, 0) is 13.0 Å². The molecule has 1 heterocycles. The second-order valence-electron chi connectivity index (χ2n) is 6.01. The van der Waals surface area contributed by atoms with Crippen LogP contribution < -0.4 is 5.73 Å². The van der Waals surface area contributed by atoms with E-state index >= 15 is 0 Å². The van der Waals surface area contributed by atoms with Crippen LogP contribution in [0.3, 0.4) is 0 Å². The molecule has 0 aliphatic carbocycles. The minimum Gasteiger partial charge on any atom is -0.327 e. The van der Waals surface area contributed by atoms with E-state index in [0.717, 1.165) is 25.1 Å². The standard InChI is InChI=1S/C17H33N3/c1-5-7-8-9-10-11-12-20-15(4)17(14(3)19-20)13-16(18)6-2/h16H,5-13,18H2,1-4H3. The fourth-order valence-electron chi connectivity index (χ4n) is 2.70. The summed E-state index contributed by atoms with van der Waals surface area (Å²) in [4.78, 5) is 0. The molecule has 0 saturated carbocycles. The molecule has 1 aromatic heterocycles. The third-order valence-corrected chi connectivity index (χ3v) is 4.25. The zero-order chi connectivity index (χ0) is 15.0. The number of rotatable bonds is 10. The molecule has 1 atom stereocenters. The van der Waals surface area contributed by atoms with Crippen LogP contribution in [-0.4, -0.2) is 15.8 Å². The average molecular weight is 279 g/mol. The molecule has 0 saturated heterocycles. The highest BCUT2D eigenvalue weighted by Gasteiger charge is 2.13. The molecule has 20 heavy (non-hydrogen) atoms. The summed E-state index contributed by atoms with van der Waals surface area (Å²) >= 11 is 0. The van der Waals surface area contributed by atoms with Gasteiger partial charge in [0.2, 0.25) is 0 Å². The third-order valence-electron chi connectivity index (χ3n) is 4.25. The normalized spacial score (nSPS) is 12.8. The number of hydrogen-bond acceptors (Lipinski definition) is 2. The van der Waals surface area contributed by atoms with Crippen molar-refractivity contribution in [1.29, 1.82) is 0 Å². The van der Waals surface area contributed by atoms with Crippen molar-refractivity contribution in [2.24, 2.45) is 5.73 Å². The lowest BCUT2D eigenvalue weighted by atomic mass is 10.0. The Morgan fingerprint density at radius 1 is 1.05 bits per heavy atom. The summed E-state index contributed by atoms with van der Waals surface area (Å²) in [6.45, 7) is 9.77. The summed E-state index contributed by atoms with van der Waals surface area (Å²) in [5.74, 6) is 0. The van der Waals surface area contributed by atoms with Gasteiger partial charge in [0.15, 0.2) is 0 Å². The second-order valence-corrected chi connectivity index (χ2v) is 6.01. The smallest absolute Gasteiger partial charge is 0.0629 e. The highest BCUT2D eigenvalue weighted by molar-refractivity contribution is 5.25. The van der Waals surface area contributed by atoms with E-state index in [0.29, 0.717) is 0 Å². The molecular formula is C17H33N3. The molecular weight excluding hydrogens is 246 g/mol. The van der Waals surface area contributed by atoms with Crippen molar-refractivity contribution in [2.45, 2.75) is 91.6 Å². The van der Waals surface area contributed by atoms with Crippen LogP contribution in [0.2, 0.25) is 0 Å². The lowest BCUT2D eigenvalue weighted by Gasteiger charge is -2.09. The molecule has 1 unspecified atom stereocenters. The number of nitrogens with two attached hydrogens (primary N) is 1. The minimum atomic E-state index is 0.263. The van der Waals surface area contributed by atoms with Gasteiger partial charge in [-0.3, -0.25) is 4.68 Å². The summed E-state index contributed by atoms with van der Waals surface area (Å²) in [7, 11) is 0. The monoisotopic (exact) mass is 279 g/mol. The highest BCUT2D eigenvalue weighted by atomic mass is 15.3. The van der Waals surface area contributed by atoms with Gasteiger partial charge in [0.1, 0.15) is 0 Å². The Balaban J connectivity index is 2.45. The summed E-state index contributed by atoms with van der Waals surface area (Å²) in [5.41, 5.74) is 9.93. The van der Waals surface area contributed by atoms with Gasteiger partial charge in [0.25, 0.3) is 0 Å². The molecule has 0 bridgehead atoms. The van der Waals surface area contributed by atoms with Crippen LogP contribution in [0.5, 0.6) is 0 Å². The summed E-state index contributed by atoms with van der Waals surface area (Å²) in [5, 5.41) is 4.69. The zero-order valence-corrected chi connectivity index (χ0v) is 13.9. The van der Waals surface area contributed by atoms with Crippen LogP contribution >= 0.6 is 0 Å². The van der Waals surface area contributed by atoms with Crippen LogP contribution in [0.4, 0.5) is 0 Å². The van der Waals surface area contributed by atoms with E-state index in [9.17, 15) is 0 Å². The first kappa shape index (κ1) is 17.2. The van der Waals surface area contributed by atoms with Gasteiger partial charge in [-0.05, 0) is 38.7 Å². The maximum absolute atomic E-state index is 6.08. The van der Waals surface area contributed by atoms with Gasteiger partial charge in [-0.25, -0.2) is 0 Å². The van der Waals surface area contributed by atoms with Crippen LogP contribution in [0, 0.1) is 13.8 Å². The molecule has 0 fully saturated rings. The van der Waals surface area contributed by atoms with Crippen molar-refractivity contribution in [1.82, 2.24) is 9.78 Å². The molecule has 116 valence electrons. The Bertz CT molecular complexity index is 382. The third kappa shape index (κ3) is 5.28. The molecule has 0 spiro atoms.